The number of hydrogen-bond acceptors (Lipinski definition) is 3. The van der Waals surface area contributed by atoms with E-state index in [1.54, 1.807) is 0 Å². The summed E-state index contributed by atoms with van der Waals surface area (Å²) in [5, 5.41) is 0. The normalized spacial score (nSPS) is 25.1. The molecule has 0 spiro atoms. The summed E-state index contributed by atoms with van der Waals surface area (Å²) in [6, 6.07) is 12.9. The van der Waals surface area contributed by atoms with Crippen molar-refractivity contribution in [1.29, 1.82) is 0 Å². The lowest BCUT2D eigenvalue weighted by Crippen LogP contribution is -2.48. The molecule has 22 heavy (non-hydrogen) atoms. The van der Waals surface area contributed by atoms with Crippen LogP contribution in [-0.4, -0.2) is 27.6 Å². The van der Waals surface area contributed by atoms with Gasteiger partial charge in [-0.2, -0.15) is 0 Å². The molecular weight excluding hydrogens is 290 g/mol. The minimum atomic E-state index is 0.338. The first kappa shape index (κ1) is 12.4. The number of thiocarbonyl (C=S) groups is 1. The van der Waals surface area contributed by atoms with E-state index in [2.05, 4.69) is 51.2 Å². The third-order valence-corrected chi connectivity index (χ3v) is 5.33. The van der Waals surface area contributed by atoms with Crippen molar-refractivity contribution in [3.05, 3.63) is 66.0 Å². The molecule has 3 aliphatic rings. The van der Waals surface area contributed by atoms with Gasteiger partial charge in [-0.05, 0) is 36.3 Å². The van der Waals surface area contributed by atoms with Crippen LogP contribution in [0.2, 0.25) is 0 Å². The van der Waals surface area contributed by atoms with Gasteiger partial charge in [0.05, 0.1) is 5.70 Å². The molecule has 0 amide bonds. The molecule has 2 atom stereocenters. The Morgan fingerprint density at radius 2 is 2.05 bits per heavy atom. The van der Waals surface area contributed by atoms with E-state index in [4.69, 9.17) is 12.2 Å². The van der Waals surface area contributed by atoms with Crippen molar-refractivity contribution in [2.24, 2.45) is 0 Å². The number of aromatic nitrogens is 1. The molecule has 5 rings (SSSR count). The second-order valence-corrected chi connectivity index (χ2v) is 6.46. The van der Waals surface area contributed by atoms with Gasteiger partial charge >= 0.3 is 0 Å². The average Bonchev–Trinajstić information content (AvgIpc) is 3.13. The SMILES string of the molecule is S=C1C=C(c2cccnc2)N2c3ccccc3[C@@H]3CCN1[C@@H]32. The van der Waals surface area contributed by atoms with E-state index in [1.165, 1.54) is 23.4 Å². The predicted molar refractivity (Wildman–Crippen MR) is 91.6 cm³/mol. The van der Waals surface area contributed by atoms with Crippen molar-refractivity contribution in [3.63, 3.8) is 0 Å². The van der Waals surface area contributed by atoms with Crippen molar-refractivity contribution in [2.45, 2.75) is 18.5 Å². The summed E-state index contributed by atoms with van der Waals surface area (Å²) >= 11 is 5.67. The Morgan fingerprint density at radius 1 is 1.14 bits per heavy atom. The molecule has 0 N–H and O–H groups in total. The van der Waals surface area contributed by atoms with E-state index in [-0.39, 0.29) is 0 Å². The van der Waals surface area contributed by atoms with E-state index in [0.717, 1.165) is 17.1 Å². The van der Waals surface area contributed by atoms with Crippen LogP contribution in [0.1, 0.15) is 23.5 Å². The van der Waals surface area contributed by atoms with Crippen molar-refractivity contribution in [2.75, 3.05) is 11.4 Å². The van der Waals surface area contributed by atoms with Crippen LogP contribution in [-0.2, 0) is 0 Å². The molecule has 1 saturated heterocycles. The van der Waals surface area contributed by atoms with Gasteiger partial charge in [0.25, 0.3) is 0 Å². The highest BCUT2D eigenvalue weighted by Crippen LogP contribution is 2.52. The quantitative estimate of drug-likeness (QED) is 0.752. The summed E-state index contributed by atoms with van der Waals surface area (Å²) < 4.78 is 0. The zero-order valence-electron chi connectivity index (χ0n) is 12.0. The monoisotopic (exact) mass is 305 g/mol. The van der Waals surface area contributed by atoms with E-state index >= 15 is 0 Å². The van der Waals surface area contributed by atoms with Gasteiger partial charge in [-0.1, -0.05) is 30.4 Å². The Hall–Kier alpha value is -2.20. The predicted octanol–water partition coefficient (Wildman–Crippen LogP) is 3.40. The van der Waals surface area contributed by atoms with Gasteiger partial charge in [0.15, 0.2) is 0 Å². The van der Waals surface area contributed by atoms with Gasteiger partial charge in [0.2, 0.25) is 0 Å². The highest BCUT2D eigenvalue weighted by molar-refractivity contribution is 7.80. The van der Waals surface area contributed by atoms with Gasteiger partial charge < -0.3 is 9.80 Å². The summed E-state index contributed by atoms with van der Waals surface area (Å²) in [7, 11) is 0. The van der Waals surface area contributed by atoms with Gasteiger partial charge in [-0.25, -0.2) is 0 Å². The third-order valence-electron chi connectivity index (χ3n) is 4.98. The molecule has 0 radical (unpaired) electrons. The second-order valence-electron chi connectivity index (χ2n) is 6.04. The largest absolute Gasteiger partial charge is 0.341 e. The van der Waals surface area contributed by atoms with Gasteiger partial charge in [0, 0.05) is 36.1 Å². The first-order chi connectivity index (χ1) is 10.8. The summed E-state index contributed by atoms with van der Waals surface area (Å²) in [4.78, 5) is 10.1. The first-order valence-electron chi connectivity index (χ1n) is 7.65. The molecule has 2 aromatic rings. The van der Waals surface area contributed by atoms with Crippen LogP contribution in [0, 0.1) is 0 Å². The lowest BCUT2D eigenvalue weighted by atomic mass is 9.99. The van der Waals surface area contributed by atoms with E-state index in [1.807, 2.05) is 18.5 Å². The van der Waals surface area contributed by atoms with Crippen molar-refractivity contribution < 1.29 is 0 Å². The van der Waals surface area contributed by atoms with Crippen LogP contribution in [0.3, 0.4) is 0 Å². The fraction of sp³-hybridized carbons (Fsp3) is 0.222. The Labute approximate surface area is 134 Å². The van der Waals surface area contributed by atoms with Crippen LogP contribution in [0.15, 0.2) is 54.9 Å². The van der Waals surface area contributed by atoms with Crippen LogP contribution in [0.4, 0.5) is 5.69 Å². The molecule has 1 aromatic carbocycles. The molecule has 0 unspecified atom stereocenters. The molecule has 1 fully saturated rings. The van der Waals surface area contributed by atoms with Crippen molar-refractivity contribution >= 4 is 28.6 Å². The minimum Gasteiger partial charge on any atom is -0.341 e. The van der Waals surface area contributed by atoms with E-state index in [0.29, 0.717) is 12.1 Å². The fourth-order valence-electron chi connectivity index (χ4n) is 4.09. The number of para-hydroxylation sites is 1. The summed E-state index contributed by atoms with van der Waals surface area (Å²) in [6.07, 6.45) is 7.38. The summed E-state index contributed by atoms with van der Waals surface area (Å²) in [5.74, 6) is 0.550. The number of rotatable bonds is 1. The lowest BCUT2D eigenvalue weighted by Gasteiger charge is -2.40. The number of benzene rings is 1. The van der Waals surface area contributed by atoms with Crippen LogP contribution >= 0.6 is 12.2 Å². The number of fused-ring (bicyclic) bond motifs is 3. The Kier molecular flexibility index (Phi) is 2.47. The zero-order valence-corrected chi connectivity index (χ0v) is 12.8. The van der Waals surface area contributed by atoms with Crippen molar-refractivity contribution in [3.8, 4) is 0 Å². The first-order valence-corrected chi connectivity index (χ1v) is 8.06. The van der Waals surface area contributed by atoms with Gasteiger partial charge in [-0.3, -0.25) is 4.98 Å². The maximum absolute atomic E-state index is 5.67. The van der Waals surface area contributed by atoms with Crippen LogP contribution in [0.25, 0.3) is 5.70 Å². The highest BCUT2D eigenvalue weighted by Gasteiger charge is 2.49. The van der Waals surface area contributed by atoms with Gasteiger partial charge in [-0.15, -0.1) is 0 Å². The molecule has 0 aliphatic carbocycles. The molecule has 4 heteroatoms. The maximum Gasteiger partial charge on any atom is 0.114 e. The molecule has 1 aromatic heterocycles. The van der Waals surface area contributed by atoms with Crippen LogP contribution in [0.5, 0.6) is 0 Å². The fourth-order valence-corrected chi connectivity index (χ4v) is 4.40. The molecule has 4 heterocycles. The molecular formula is C18H15N3S. The highest BCUT2D eigenvalue weighted by atomic mass is 32.1. The molecule has 3 nitrogen and oxygen atoms in total. The summed E-state index contributed by atoms with van der Waals surface area (Å²) in [6.45, 7) is 1.05. The third kappa shape index (κ3) is 1.50. The molecule has 0 bridgehead atoms. The smallest absolute Gasteiger partial charge is 0.114 e. The topological polar surface area (TPSA) is 19.4 Å². The standard InChI is InChI=1S/C18H15N3S/c22-17-10-16(12-4-3-8-19-11-12)21-15-6-2-1-5-13(15)14-7-9-20(17)18(14)21/h1-6,8,10-11,14,18H,7,9H2/t14-,18+/m0/s1. The van der Waals surface area contributed by atoms with Crippen molar-refractivity contribution in [1.82, 2.24) is 9.88 Å². The Balaban J connectivity index is 1.74. The maximum atomic E-state index is 5.67. The Morgan fingerprint density at radius 3 is 2.91 bits per heavy atom. The minimum absolute atomic E-state index is 0.338. The molecule has 108 valence electrons. The van der Waals surface area contributed by atoms with E-state index in [9.17, 15) is 0 Å². The number of anilines is 1. The number of pyridine rings is 1. The molecule has 0 saturated carbocycles. The zero-order chi connectivity index (χ0) is 14.7. The van der Waals surface area contributed by atoms with Crippen LogP contribution < -0.4 is 4.90 Å². The number of nitrogens with zero attached hydrogens (tertiary/aromatic N) is 3. The average molecular weight is 305 g/mol. The lowest BCUT2D eigenvalue weighted by molar-refractivity contribution is 0.392. The Bertz CT molecular complexity index is 799. The van der Waals surface area contributed by atoms with Gasteiger partial charge in [0.1, 0.15) is 11.2 Å². The second kappa shape index (κ2) is 4.40. The summed E-state index contributed by atoms with van der Waals surface area (Å²) in [5.41, 5.74) is 5.08. The van der Waals surface area contributed by atoms with E-state index < -0.39 is 0 Å². The molecule has 3 aliphatic heterocycles. The number of hydrogen-bond donors (Lipinski definition) is 0.